The molecule has 7 heteroatoms. The van der Waals surface area contributed by atoms with Crippen LogP contribution >= 0.6 is 11.3 Å². The van der Waals surface area contributed by atoms with Crippen LogP contribution in [0.1, 0.15) is 43.3 Å². The molecule has 1 aliphatic heterocycles. The zero-order valence-electron chi connectivity index (χ0n) is 11.3. The molecule has 0 aliphatic carbocycles. The first kappa shape index (κ1) is 13.2. The van der Waals surface area contributed by atoms with Gasteiger partial charge in [0.05, 0.1) is 6.04 Å². The van der Waals surface area contributed by atoms with Crippen LogP contribution in [0.5, 0.6) is 0 Å². The fourth-order valence-corrected chi connectivity index (χ4v) is 3.41. The third kappa shape index (κ3) is 2.45. The van der Waals surface area contributed by atoms with Crippen molar-refractivity contribution in [2.75, 3.05) is 6.54 Å². The second kappa shape index (κ2) is 5.70. The zero-order chi connectivity index (χ0) is 13.9. The Hall–Kier alpha value is -1.76. The van der Waals surface area contributed by atoms with E-state index in [-0.39, 0.29) is 18.0 Å². The summed E-state index contributed by atoms with van der Waals surface area (Å²) in [5, 5.41) is 7.06. The standard InChI is InChI=1S/C13H17N5OS/c1-10(18-9-14-8-16-18)13(19)17-6-3-2-4-11(17)12-15-5-7-20-12/h5,7-11H,2-4,6H2,1H3/t10-,11-/m0/s1. The molecule has 6 nitrogen and oxygen atoms in total. The van der Waals surface area contributed by atoms with Crippen LogP contribution < -0.4 is 0 Å². The van der Waals surface area contributed by atoms with E-state index in [0.29, 0.717) is 0 Å². The maximum atomic E-state index is 12.7. The maximum absolute atomic E-state index is 12.7. The maximum Gasteiger partial charge on any atom is 0.247 e. The van der Waals surface area contributed by atoms with Gasteiger partial charge in [-0.25, -0.2) is 14.6 Å². The van der Waals surface area contributed by atoms with Gasteiger partial charge in [-0.2, -0.15) is 5.10 Å². The molecule has 3 rings (SSSR count). The van der Waals surface area contributed by atoms with Crippen LogP contribution in [0.4, 0.5) is 0 Å². The molecule has 106 valence electrons. The van der Waals surface area contributed by atoms with E-state index >= 15 is 0 Å². The smallest absolute Gasteiger partial charge is 0.247 e. The van der Waals surface area contributed by atoms with Crippen molar-refractivity contribution in [1.82, 2.24) is 24.6 Å². The summed E-state index contributed by atoms with van der Waals surface area (Å²) < 4.78 is 1.61. The summed E-state index contributed by atoms with van der Waals surface area (Å²) in [6.07, 6.45) is 8.04. The number of nitrogens with zero attached hydrogens (tertiary/aromatic N) is 5. The number of carbonyl (C=O) groups excluding carboxylic acids is 1. The lowest BCUT2D eigenvalue weighted by atomic mass is 10.0. The number of amides is 1. The number of rotatable bonds is 3. The number of aromatic nitrogens is 4. The fourth-order valence-electron chi connectivity index (χ4n) is 2.62. The van der Waals surface area contributed by atoms with E-state index in [1.807, 2.05) is 17.2 Å². The van der Waals surface area contributed by atoms with E-state index in [2.05, 4.69) is 15.1 Å². The first-order chi connectivity index (χ1) is 9.77. The second-order valence-corrected chi connectivity index (χ2v) is 5.89. The Bertz CT molecular complexity index is 553. The minimum Gasteiger partial charge on any atom is -0.331 e. The molecule has 1 amide bonds. The lowest BCUT2D eigenvalue weighted by molar-refractivity contribution is -0.138. The van der Waals surface area contributed by atoms with Crippen molar-refractivity contribution in [3.8, 4) is 0 Å². The molecule has 2 aromatic heterocycles. The van der Waals surface area contributed by atoms with Gasteiger partial charge in [-0.15, -0.1) is 11.3 Å². The van der Waals surface area contributed by atoms with E-state index in [9.17, 15) is 4.79 Å². The van der Waals surface area contributed by atoms with Gasteiger partial charge in [0.2, 0.25) is 5.91 Å². The van der Waals surface area contributed by atoms with E-state index in [1.165, 1.54) is 6.33 Å². The summed E-state index contributed by atoms with van der Waals surface area (Å²) in [6, 6.07) is -0.208. The third-order valence-corrected chi connectivity index (χ3v) is 4.59. The summed E-state index contributed by atoms with van der Waals surface area (Å²) in [6.45, 7) is 2.66. The van der Waals surface area contributed by atoms with Gasteiger partial charge in [-0.05, 0) is 26.2 Å². The molecule has 20 heavy (non-hydrogen) atoms. The van der Waals surface area contributed by atoms with Crippen molar-refractivity contribution in [2.45, 2.75) is 38.3 Å². The molecule has 0 aromatic carbocycles. The quantitative estimate of drug-likeness (QED) is 0.868. The molecule has 1 aliphatic rings. The average molecular weight is 291 g/mol. The van der Waals surface area contributed by atoms with Gasteiger partial charge >= 0.3 is 0 Å². The predicted molar refractivity (Wildman–Crippen MR) is 75.2 cm³/mol. The van der Waals surface area contributed by atoms with Gasteiger partial charge in [-0.1, -0.05) is 0 Å². The number of hydrogen-bond donors (Lipinski definition) is 0. The highest BCUT2D eigenvalue weighted by Gasteiger charge is 2.32. The van der Waals surface area contributed by atoms with Crippen LogP contribution in [0.15, 0.2) is 24.2 Å². The van der Waals surface area contributed by atoms with E-state index < -0.39 is 0 Å². The Morgan fingerprint density at radius 2 is 2.40 bits per heavy atom. The fraction of sp³-hybridized carbons (Fsp3) is 0.538. The normalized spacial score (nSPS) is 20.9. The molecular formula is C13H17N5OS. The molecule has 2 atom stereocenters. The highest BCUT2D eigenvalue weighted by molar-refractivity contribution is 7.09. The molecule has 0 bridgehead atoms. The molecular weight excluding hydrogens is 274 g/mol. The van der Waals surface area contributed by atoms with Crippen molar-refractivity contribution >= 4 is 17.2 Å². The second-order valence-electron chi connectivity index (χ2n) is 4.97. The van der Waals surface area contributed by atoms with Crippen molar-refractivity contribution < 1.29 is 4.79 Å². The van der Waals surface area contributed by atoms with Crippen molar-refractivity contribution in [2.24, 2.45) is 0 Å². The Morgan fingerprint density at radius 3 is 3.10 bits per heavy atom. The van der Waals surface area contributed by atoms with Gasteiger partial charge in [0, 0.05) is 18.1 Å². The van der Waals surface area contributed by atoms with Gasteiger partial charge in [0.1, 0.15) is 23.7 Å². The molecule has 0 unspecified atom stereocenters. The van der Waals surface area contributed by atoms with Crippen molar-refractivity contribution in [1.29, 1.82) is 0 Å². The highest BCUT2D eigenvalue weighted by Crippen LogP contribution is 2.33. The molecule has 2 aromatic rings. The average Bonchev–Trinajstić information content (AvgIpc) is 3.18. The number of carbonyl (C=O) groups is 1. The van der Waals surface area contributed by atoms with Crippen LogP contribution in [-0.4, -0.2) is 37.1 Å². The number of likely N-dealkylation sites (tertiary alicyclic amines) is 1. The van der Waals surface area contributed by atoms with Crippen LogP contribution in [0.2, 0.25) is 0 Å². The molecule has 0 spiro atoms. The van der Waals surface area contributed by atoms with Crippen molar-refractivity contribution in [3.63, 3.8) is 0 Å². The summed E-state index contributed by atoms with van der Waals surface area (Å²) in [5.74, 6) is 0.0930. The van der Waals surface area contributed by atoms with Gasteiger partial charge < -0.3 is 4.90 Å². The summed E-state index contributed by atoms with van der Waals surface area (Å²) in [5.41, 5.74) is 0. The van der Waals surface area contributed by atoms with Gasteiger partial charge in [-0.3, -0.25) is 4.79 Å². The van der Waals surface area contributed by atoms with Crippen molar-refractivity contribution in [3.05, 3.63) is 29.2 Å². The Labute approximate surface area is 121 Å². The Balaban J connectivity index is 1.81. The van der Waals surface area contributed by atoms with E-state index in [4.69, 9.17) is 0 Å². The van der Waals surface area contributed by atoms with Crippen LogP contribution in [0.3, 0.4) is 0 Å². The third-order valence-electron chi connectivity index (χ3n) is 3.71. The lowest BCUT2D eigenvalue weighted by Gasteiger charge is -2.36. The number of hydrogen-bond acceptors (Lipinski definition) is 5. The Kier molecular flexibility index (Phi) is 3.77. The molecule has 0 saturated carbocycles. The predicted octanol–water partition coefficient (Wildman–Crippen LogP) is 2.05. The number of thiazole rings is 1. The van der Waals surface area contributed by atoms with Crippen LogP contribution in [0, 0.1) is 0 Å². The molecule has 3 heterocycles. The van der Waals surface area contributed by atoms with Crippen LogP contribution in [-0.2, 0) is 4.79 Å². The topological polar surface area (TPSA) is 63.9 Å². The van der Waals surface area contributed by atoms with Crippen LogP contribution in [0.25, 0.3) is 0 Å². The first-order valence-electron chi connectivity index (χ1n) is 6.81. The SMILES string of the molecule is C[C@@H](C(=O)N1CCCC[C@H]1c1nccs1)n1cncn1. The summed E-state index contributed by atoms with van der Waals surface area (Å²) in [4.78, 5) is 23.0. The highest BCUT2D eigenvalue weighted by atomic mass is 32.1. The molecule has 1 saturated heterocycles. The monoisotopic (exact) mass is 291 g/mol. The lowest BCUT2D eigenvalue weighted by Crippen LogP contribution is -2.42. The molecule has 0 radical (unpaired) electrons. The van der Waals surface area contributed by atoms with E-state index in [0.717, 1.165) is 30.8 Å². The molecule has 0 N–H and O–H groups in total. The van der Waals surface area contributed by atoms with Gasteiger partial charge in [0.15, 0.2) is 0 Å². The number of piperidine rings is 1. The zero-order valence-corrected chi connectivity index (χ0v) is 12.2. The van der Waals surface area contributed by atoms with Gasteiger partial charge in [0.25, 0.3) is 0 Å². The minimum atomic E-state index is -0.321. The first-order valence-corrected chi connectivity index (χ1v) is 7.69. The largest absolute Gasteiger partial charge is 0.331 e. The van der Waals surface area contributed by atoms with E-state index in [1.54, 1.807) is 28.5 Å². The summed E-state index contributed by atoms with van der Waals surface area (Å²) >= 11 is 1.62. The summed E-state index contributed by atoms with van der Waals surface area (Å²) in [7, 11) is 0. The minimum absolute atomic E-state index is 0.0930. The Morgan fingerprint density at radius 1 is 1.50 bits per heavy atom. The molecule has 1 fully saturated rings.